The maximum absolute atomic E-state index is 11.6. The Balaban J connectivity index is -0.000000281. The fraction of sp³-hybridized carbons (Fsp3) is 0. The monoisotopic (exact) mass is 324 g/mol. The van der Waals surface area contributed by atoms with E-state index in [1.807, 2.05) is 0 Å². The predicted octanol–water partition coefficient (Wildman–Crippen LogP) is -4.05. The summed E-state index contributed by atoms with van der Waals surface area (Å²) in [7, 11) is 0. The van der Waals surface area contributed by atoms with Crippen molar-refractivity contribution < 1.29 is 120 Å². The Kier molecular flexibility index (Phi) is 13.4. The van der Waals surface area contributed by atoms with E-state index in [1.165, 1.54) is 0 Å². The first kappa shape index (κ1) is 21.2. The van der Waals surface area contributed by atoms with Gasteiger partial charge in [-0.1, -0.05) is 18.2 Å². The van der Waals surface area contributed by atoms with E-state index >= 15 is 0 Å². The fourth-order valence-electron chi connectivity index (χ4n) is 0.863. The SMILES string of the molecule is O=C(O)N(S)N(S)C(=O)c1ccccc1.[H-].[H-].[K+].[K+]. The van der Waals surface area contributed by atoms with Gasteiger partial charge in [-0.05, 0) is 37.8 Å². The molecule has 1 rings (SSSR count). The van der Waals surface area contributed by atoms with E-state index in [0.717, 1.165) is 0 Å². The summed E-state index contributed by atoms with van der Waals surface area (Å²) in [6.45, 7) is 0. The molecule has 5 nitrogen and oxygen atoms in total. The van der Waals surface area contributed by atoms with Crippen LogP contribution >= 0.6 is 25.6 Å². The quantitative estimate of drug-likeness (QED) is 0.280. The molecule has 9 heteroatoms. The molecule has 0 unspecified atom stereocenters. The van der Waals surface area contributed by atoms with Gasteiger partial charge in [-0.15, -0.1) is 4.41 Å². The zero-order valence-electron chi connectivity index (χ0n) is 11.4. The molecule has 0 aliphatic rings. The summed E-state index contributed by atoms with van der Waals surface area (Å²) < 4.78 is 0.985. The van der Waals surface area contributed by atoms with Crippen molar-refractivity contribution in [3.63, 3.8) is 0 Å². The minimum atomic E-state index is -1.39. The number of hydrogen-bond donors (Lipinski definition) is 3. The van der Waals surface area contributed by atoms with Gasteiger partial charge in [0, 0.05) is 5.56 Å². The van der Waals surface area contributed by atoms with Crippen LogP contribution in [0.5, 0.6) is 0 Å². The van der Waals surface area contributed by atoms with Crippen LogP contribution in [-0.4, -0.2) is 25.9 Å². The number of hydrogen-bond acceptors (Lipinski definition) is 4. The van der Waals surface area contributed by atoms with Crippen molar-refractivity contribution in [3.05, 3.63) is 35.9 Å². The maximum Gasteiger partial charge on any atom is 1.00 e. The first-order chi connectivity index (χ1) is 7.04. The smallest absolute Gasteiger partial charge is 1.00 e. The van der Waals surface area contributed by atoms with Crippen LogP contribution in [0.4, 0.5) is 4.79 Å². The van der Waals surface area contributed by atoms with E-state index in [0.29, 0.717) is 14.4 Å². The van der Waals surface area contributed by atoms with Crippen LogP contribution < -0.4 is 103 Å². The van der Waals surface area contributed by atoms with E-state index in [9.17, 15) is 9.59 Å². The van der Waals surface area contributed by atoms with Crippen molar-refractivity contribution in [2.24, 2.45) is 0 Å². The first-order valence-corrected chi connectivity index (χ1v) is 4.64. The van der Waals surface area contributed by atoms with Crippen LogP contribution in [0.25, 0.3) is 0 Å². The molecule has 0 heterocycles. The zero-order valence-corrected chi connectivity index (χ0v) is 17.5. The molecule has 0 aliphatic heterocycles. The third-order valence-electron chi connectivity index (χ3n) is 1.55. The van der Waals surface area contributed by atoms with Gasteiger partial charge in [0.1, 0.15) is 0 Å². The van der Waals surface area contributed by atoms with Crippen LogP contribution in [0.15, 0.2) is 30.3 Å². The summed E-state index contributed by atoms with van der Waals surface area (Å²) in [5.74, 6) is -0.573. The summed E-state index contributed by atoms with van der Waals surface area (Å²) in [6, 6.07) is 8.18. The van der Waals surface area contributed by atoms with Gasteiger partial charge in [0.05, 0.1) is 0 Å². The number of thiol groups is 2. The van der Waals surface area contributed by atoms with E-state index in [4.69, 9.17) is 5.11 Å². The second kappa shape index (κ2) is 10.7. The molecule has 84 valence electrons. The number of rotatable bonds is 1. The minimum Gasteiger partial charge on any atom is -1.00 e. The van der Waals surface area contributed by atoms with E-state index in [-0.39, 0.29) is 106 Å². The van der Waals surface area contributed by atoms with Gasteiger partial charge in [0.25, 0.3) is 5.91 Å². The van der Waals surface area contributed by atoms with Crippen molar-refractivity contribution in [2.45, 2.75) is 0 Å². The summed E-state index contributed by atoms with van der Waals surface area (Å²) >= 11 is 7.30. The normalized spacial score (nSPS) is 8.35. The van der Waals surface area contributed by atoms with Crippen LogP contribution in [-0.2, 0) is 0 Å². The maximum atomic E-state index is 11.6. The summed E-state index contributed by atoms with van der Waals surface area (Å²) in [4.78, 5) is 22.1. The fourth-order valence-corrected chi connectivity index (χ4v) is 1.14. The second-order valence-corrected chi connectivity index (χ2v) is 3.29. The molecule has 1 aromatic carbocycles. The zero-order chi connectivity index (χ0) is 11.4. The van der Waals surface area contributed by atoms with Gasteiger partial charge in [-0.2, -0.15) is 4.41 Å². The van der Waals surface area contributed by atoms with Gasteiger partial charge < -0.3 is 7.96 Å². The van der Waals surface area contributed by atoms with E-state index in [2.05, 4.69) is 25.6 Å². The van der Waals surface area contributed by atoms with Crippen molar-refractivity contribution >= 4 is 37.6 Å². The molecule has 1 N–H and O–H groups in total. The largest absolute Gasteiger partial charge is 1.00 e. The Morgan fingerprint density at radius 1 is 1.06 bits per heavy atom. The molecule has 0 bridgehead atoms. The molecule has 0 radical (unpaired) electrons. The van der Waals surface area contributed by atoms with Crippen molar-refractivity contribution in [3.8, 4) is 0 Å². The molecule has 17 heavy (non-hydrogen) atoms. The third kappa shape index (κ3) is 6.77. The molecular weight excluding hydrogens is 314 g/mol. The third-order valence-corrected chi connectivity index (χ3v) is 2.40. The Bertz CT molecular complexity index is 390. The Morgan fingerprint density at radius 3 is 1.94 bits per heavy atom. The predicted molar refractivity (Wildman–Crippen MR) is 62.7 cm³/mol. The second-order valence-electron chi connectivity index (χ2n) is 2.53. The minimum absolute atomic E-state index is 0. The molecule has 0 aliphatic carbocycles. The molecule has 0 saturated heterocycles. The van der Waals surface area contributed by atoms with E-state index in [1.54, 1.807) is 30.3 Å². The molecule has 0 aromatic heterocycles. The van der Waals surface area contributed by atoms with Crippen molar-refractivity contribution in [2.75, 3.05) is 0 Å². The molecule has 1 aromatic rings. The number of benzene rings is 1. The van der Waals surface area contributed by atoms with Crippen LogP contribution in [0.2, 0.25) is 0 Å². The van der Waals surface area contributed by atoms with Crippen LogP contribution in [0.3, 0.4) is 0 Å². The number of amides is 2. The summed E-state index contributed by atoms with van der Waals surface area (Å²) in [5.41, 5.74) is 0.327. The number of carbonyl (C=O) groups is 2. The summed E-state index contributed by atoms with van der Waals surface area (Å²) in [5, 5.41) is 8.55. The number of carboxylic acid groups (broad SMARTS) is 1. The molecular formula is C8H10K2N2O3S2. The molecule has 0 spiro atoms. The Hall–Kier alpha value is 1.93. The van der Waals surface area contributed by atoms with Crippen molar-refractivity contribution in [1.82, 2.24) is 8.83 Å². The van der Waals surface area contributed by atoms with Crippen molar-refractivity contribution in [1.29, 1.82) is 0 Å². The molecule has 0 atom stereocenters. The Morgan fingerprint density at radius 2 is 1.53 bits per heavy atom. The molecule has 2 amide bonds. The number of carbonyl (C=O) groups excluding carboxylic acids is 1. The average molecular weight is 325 g/mol. The molecule has 0 fully saturated rings. The number of nitrogens with zero attached hydrogens (tertiary/aromatic N) is 2. The Labute approximate surface area is 198 Å². The van der Waals surface area contributed by atoms with Gasteiger partial charge in [-0.3, -0.25) is 4.79 Å². The average Bonchev–Trinajstić information content (AvgIpc) is 2.27. The van der Waals surface area contributed by atoms with Gasteiger partial charge in [0.15, 0.2) is 0 Å². The first-order valence-electron chi connectivity index (χ1n) is 3.84. The number of hydrazine groups is 1. The van der Waals surface area contributed by atoms with Gasteiger partial charge in [-0.25, -0.2) is 4.79 Å². The van der Waals surface area contributed by atoms with Gasteiger partial charge in [0.2, 0.25) is 0 Å². The molecule has 0 saturated carbocycles. The topological polar surface area (TPSA) is 60.9 Å². The van der Waals surface area contributed by atoms with E-state index < -0.39 is 12.0 Å². The van der Waals surface area contributed by atoms with Crippen LogP contribution in [0.1, 0.15) is 13.2 Å². The standard InChI is InChI=1S/C8H8N2O3S2.2K.2H/c11-7(6-4-2-1-3-5-6)9(14)10(15)8(12)13;;;;/h1-5,14-15H,(H,12,13);;;;/q;2*+1;2*-1. The summed E-state index contributed by atoms with van der Waals surface area (Å²) in [6.07, 6.45) is -1.39. The van der Waals surface area contributed by atoms with Gasteiger partial charge >= 0.3 is 109 Å². The van der Waals surface area contributed by atoms with Crippen LogP contribution in [0, 0.1) is 0 Å².